The van der Waals surface area contributed by atoms with E-state index in [0.29, 0.717) is 11.8 Å². The van der Waals surface area contributed by atoms with Gasteiger partial charge in [0.15, 0.2) is 15.7 Å². The fourth-order valence-electron chi connectivity index (χ4n) is 2.12. The van der Waals surface area contributed by atoms with Gasteiger partial charge in [0.25, 0.3) is 0 Å². The third kappa shape index (κ3) is 3.74. The summed E-state index contributed by atoms with van der Waals surface area (Å²) in [6.07, 6.45) is -4.16. The third-order valence-corrected chi connectivity index (χ3v) is 5.78. The minimum absolute atomic E-state index is 0.0667. The number of anilines is 1. The van der Waals surface area contributed by atoms with E-state index in [2.05, 4.69) is 9.97 Å². The Bertz CT molecular complexity index is 896. The molecule has 0 radical (unpaired) electrons. The van der Waals surface area contributed by atoms with Gasteiger partial charge in [0.05, 0.1) is 10.1 Å². The molecule has 0 aliphatic carbocycles. The van der Waals surface area contributed by atoms with Crippen molar-refractivity contribution < 1.29 is 21.6 Å². The number of sulfone groups is 1. The SMILES string of the molecule is CC(C)S(=O)(=O)c1ccc(CN)cc1-c1ncc(C(F)(F)F)c(N)n1. The number of nitrogen functional groups attached to an aromatic ring is 1. The molecule has 0 saturated heterocycles. The second kappa shape index (κ2) is 6.60. The molecular formula is C15H17F3N4O2S. The first-order valence-corrected chi connectivity index (χ1v) is 8.80. The lowest BCUT2D eigenvalue weighted by Crippen LogP contribution is -2.16. The lowest BCUT2D eigenvalue weighted by atomic mass is 10.1. The van der Waals surface area contributed by atoms with Gasteiger partial charge in [0, 0.05) is 18.3 Å². The highest BCUT2D eigenvalue weighted by Crippen LogP contribution is 2.34. The van der Waals surface area contributed by atoms with Crippen LogP contribution in [0.15, 0.2) is 29.3 Å². The van der Waals surface area contributed by atoms with E-state index in [0.717, 1.165) is 0 Å². The number of rotatable bonds is 4. The second-order valence-electron chi connectivity index (χ2n) is 5.62. The number of hydrogen-bond acceptors (Lipinski definition) is 6. The second-order valence-corrected chi connectivity index (χ2v) is 8.09. The molecule has 0 aliphatic rings. The topological polar surface area (TPSA) is 112 Å². The molecule has 0 unspecified atom stereocenters. The van der Waals surface area contributed by atoms with Gasteiger partial charge in [0.2, 0.25) is 0 Å². The van der Waals surface area contributed by atoms with Gasteiger partial charge in [-0.25, -0.2) is 18.4 Å². The average molecular weight is 374 g/mol. The monoisotopic (exact) mass is 374 g/mol. The number of hydrogen-bond donors (Lipinski definition) is 2. The van der Waals surface area contributed by atoms with Crippen LogP contribution in [0.25, 0.3) is 11.4 Å². The van der Waals surface area contributed by atoms with E-state index >= 15 is 0 Å². The zero-order chi connectivity index (χ0) is 19.0. The van der Waals surface area contributed by atoms with Crippen molar-refractivity contribution in [2.45, 2.75) is 36.7 Å². The predicted molar refractivity (Wildman–Crippen MR) is 87.1 cm³/mol. The number of aromatic nitrogens is 2. The summed E-state index contributed by atoms with van der Waals surface area (Å²) in [4.78, 5) is 7.24. The molecule has 0 fully saturated rings. The van der Waals surface area contributed by atoms with Crippen LogP contribution in [-0.2, 0) is 22.6 Å². The van der Waals surface area contributed by atoms with E-state index in [1.807, 2.05) is 0 Å². The highest BCUT2D eigenvalue weighted by Gasteiger charge is 2.35. The molecule has 10 heteroatoms. The number of halogens is 3. The van der Waals surface area contributed by atoms with Crippen molar-refractivity contribution in [2.24, 2.45) is 5.73 Å². The van der Waals surface area contributed by atoms with Crippen LogP contribution in [0.3, 0.4) is 0 Å². The summed E-state index contributed by atoms with van der Waals surface area (Å²) in [5.74, 6) is -0.983. The number of benzene rings is 1. The lowest BCUT2D eigenvalue weighted by molar-refractivity contribution is -0.137. The standard InChI is InChI=1S/C15H17F3N4O2S/c1-8(2)25(23,24)12-4-3-9(6-19)5-10(12)14-21-7-11(13(20)22-14)15(16,17)18/h3-5,7-8H,6,19H2,1-2H3,(H2,20,21,22). The summed E-state index contributed by atoms with van der Waals surface area (Å²) in [7, 11) is -3.72. The summed E-state index contributed by atoms with van der Waals surface area (Å²) in [5, 5.41) is -0.734. The van der Waals surface area contributed by atoms with Crippen molar-refractivity contribution in [3.8, 4) is 11.4 Å². The maximum absolute atomic E-state index is 12.8. The summed E-state index contributed by atoms with van der Waals surface area (Å²) in [6, 6.07) is 4.33. The molecule has 25 heavy (non-hydrogen) atoms. The van der Waals surface area contributed by atoms with Gasteiger partial charge in [0.1, 0.15) is 11.4 Å². The van der Waals surface area contributed by atoms with Crippen molar-refractivity contribution in [3.05, 3.63) is 35.5 Å². The van der Waals surface area contributed by atoms with Crippen molar-refractivity contribution in [1.82, 2.24) is 9.97 Å². The summed E-state index contributed by atoms with van der Waals surface area (Å²) in [5.41, 5.74) is 10.4. The Kier molecular flexibility index (Phi) is 5.05. The molecule has 6 nitrogen and oxygen atoms in total. The molecule has 1 heterocycles. The molecule has 0 aliphatic heterocycles. The smallest absolute Gasteiger partial charge is 0.383 e. The molecule has 1 aromatic carbocycles. The number of nitrogens with two attached hydrogens (primary N) is 2. The Morgan fingerprint density at radius 3 is 2.36 bits per heavy atom. The van der Waals surface area contributed by atoms with Crippen LogP contribution in [0.4, 0.5) is 19.0 Å². The van der Waals surface area contributed by atoms with Gasteiger partial charge in [-0.2, -0.15) is 13.2 Å². The van der Waals surface area contributed by atoms with Crippen LogP contribution in [-0.4, -0.2) is 23.6 Å². The van der Waals surface area contributed by atoms with Crippen LogP contribution in [0.1, 0.15) is 25.0 Å². The minimum atomic E-state index is -4.70. The highest BCUT2D eigenvalue weighted by molar-refractivity contribution is 7.92. The van der Waals surface area contributed by atoms with E-state index in [1.54, 1.807) is 0 Å². The van der Waals surface area contributed by atoms with Crippen LogP contribution in [0.5, 0.6) is 0 Å². The average Bonchev–Trinajstić information content (AvgIpc) is 2.52. The largest absolute Gasteiger partial charge is 0.421 e. The number of alkyl halides is 3. The van der Waals surface area contributed by atoms with E-state index in [-0.39, 0.29) is 22.8 Å². The molecule has 136 valence electrons. The Morgan fingerprint density at radius 1 is 1.24 bits per heavy atom. The number of nitrogens with zero attached hydrogens (tertiary/aromatic N) is 2. The quantitative estimate of drug-likeness (QED) is 0.850. The van der Waals surface area contributed by atoms with E-state index in [9.17, 15) is 21.6 Å². The molecule has 0 amide bonds. The van der Waals surface area contributed by atoms with Gasteiger partial charge in [-0.15, -0.1) is 0 Å². The fraction of sp³-hybridized carbons (Fsp3) is 0.333. The normalized spacial score (nSPS) is 12.6. The molecule has 2 aromatic rings. The van der Waals surface area contributed by atoms with Crippen molar-refractivity contribution in [1.29, 1.82) is 0 Å². The molecule has 0 bridgehead atoms. The van der Waals surface area contributed by atoms with Gasteiger partial charge < -0.3 is 11.5 Å². The van der Waals surface area contributed by atoms with Crippen LogP contribution >= 0.6 is 0 Å². The first-order valence-electron chi connectivity index (χ1n) is 7.25. The van der Waals surface area contributed by atoms with Crippen molar-refractivity contribution in [2.75, 3.05) is 5.73 Å². The molecule has 0 atom stereocenters. The lowest BCUT2D eigenvalue weighted by Gasteiger charge is -2.15. The molecule has 4 N–H and O–H groups in total. The Labute approximate surface area is 143 Å². The Hall–Kier alpha value is -2.20. The predicted octanol–water partition coefficient (Wildman–Crippen LogP) is 2.39. The first-order chi connectivity index (χ1) is 11.5. The molecule has 0 saturated carbocycles. The van der Waals surface area contributed by atoms with E-state index < -0.39 is 32.6 Å². The van der Waals surface area contributed by atoms with Gasteiger partial charge in [-0.1, -0.05) is 6.07 Å². The first kappa shape index (κ1) is 19.1. The Balaban J connectivity index is 2.72. The Morgan fingerprint density at radius 2 is 1.88 bits per heavy atom. The summed E-state index contributed by atoms with van der Waals surface area (Å²) in [6.45, 7) is 3.11. The summed E-state index contributed by atoms with van der Waals surface area (Å²) < 4.78 is 63.5. The van der Waals surface area contributed by atoms with Crippen molar-refractivity contribution in [3.63, 3.8) is 0 Å². The van der Waals surface area contributed by atoms with Gasteiger partial charge in [-0.05, 0) is 31.5 Å². The molecule has 1 aromatic heterocycles. The maximum Gasteiger partial charge on any atom is 0.421 e. The molecule has 0 spiro atoms. The highest BCUT2D eigenvalue weighted by atomic mass is 32.2. The van der Waals surface area contributed by atoms with Gasteiger partial charge in [-0.3, -0.25) is 0 Å². The van der Waals surface area contributed by atoms with Crippen LogP contribution < -0.4 is 11.5 Å². The fourth-order valence-corrected chi connectivity index (χ4v) is 3.35. The van der Waals surface area contributed by atoms with E-state index in [4.69, 9.17) is 11.5 Å². The maximum atomic E-state index is 12.8. The zero-order valence-electron chi connectivity index (χ0n) is 13.5. The molecule has 2 rings (SSSR count). The van der Waals surface area contributed by atoms with Crippen molar-refractivity contribution >= 4 is 15.7 Å². The van der Waals surface area contributed by atoms with Crippen LogP contribution in [0, 0.1) is 0 Å². The summed E-state index contributed by atoms with van der Waals surface area (Å²) >= 11 is 0. The minimum Gasteiger partial charge on any atom is -0.383 e. The van der Waals surface area contributed by atoms with E-state index in [1.165, 1.54) is 32.0 Å². The van der Waals surface area contributed by atoms with Gasteiger partial charge >= 0.3 is 6.18 Å². The molecular weight excluding hydrogens is 357 g/mol. The third-order valence-electron chi connectivity index (χ3n) is 3.57. The van der Waals surface area contributed by atoms with Crippen LogP contribution in [0.2, 0.25) is 0 Å². The zero-order valence-corrected chi connectivity index (χ0v) is 14.3.